The van der Waals surface area contributed by atoms with E-state index in [2.05, 4.69) is 5.32 Å². The van der Waals surface area contributed by atoms with Gasteiger partial charge in [-0.2, -0.15) is 0 Å². The second kappa shape index (κ2) is 6.70. The van der Waals surface area contributed by atoms with Gasteiger partial charge in [-0.15, -0.1) is 0 Å². The summed E-state index contributed by atoms with van der Waals surface area (Å²) in [6, 6.07) is 16.9. The zero-order valence-corrected chi connectivity index (χ0v) is 12.0. The van der Waals surface area contributed by atoms with Crippen LogP contribution in [0.25, 0.3) is 11.1 Å². The standard InChI is InChI=1S/C17H17NO3/c1-12(16(19)18-2)21-17(20)15-10-6-9-14(11-15)13-7-4-3-5-8-13/h3-12H,1-2H3,(H,18,19). The molecule has 2 aromatic rings. The molecule has 0 saturated heterocycles. The zero-order chi connectivity index (χ0) is 15.2. The van der Waals surface area contributed by atoms with Crippen LogP contribution in [0.15, 0.2) is 54.6 Å². The molecule has 4 nitrogen and oxygen atoms in total. The smallest absolute Gasteiger partial charge is 0.338 e. The van der Waals surface area contributed by atoms with Crippen molar-refractivity contribution >= 4 is 11.9 Å². The molecule has 0 aliphatic carbocycles. The molecule has 21 heavy (non-hydrogen) atoms. The van der Waals surface area contributed by atoms with E-state index < -0.39 is 12.1 Å². The summed E-state index contributed by atoms with van der Waals surface area (Å²) in [5.41, 5.74) is 2.37. The highest BCUT2D eigenvalue weighted by atomic mass is 16.5. The van der Waals surface area contributed by atoms with Crippen molar-refractivity contribution < 1.29 is 14.3 Å². The van der Waals surface area contributed by atoms with Crippen LogP contribution in [0.2, 0.25) is 0 Å². The predicted molar refractivity (Wildman–Crippen MR) is 80.8 cm³/mol. The third-order valence-corrected chi connectivity index (χ3v) is 3.10. The van der Waals surface area contributed by atoms with E-state index >= 15 is 0 Å². The van der Waals surface area contributed by atoms with Crippen LogP contribution >= 0.6 is 0 Å². The summed E-state index contributed by atoms with van der Waals surface area (Å²) in [7, 11) is 1.50. The molecule has 0 aliphatic heterocycles. The van der Waals surface area contributed by atoms with E-state index in [4.69, 9.17) is 4.74 Å². The number of hydrogen-bond acceptors (Lipinski definition) is 3. The largest absolute Gasteiger partial charge is 0.449 e. The topological polar surface area (TPSA) is 55.4 Å². The molecule has 1 atom stereocenters. The van der Waals surface area contributed by atoms with Crippen molar-refractivity contribution in [3.8, 4) is 11.1 Å². The van der Waals surface area contributed by atoms with Crippen LogP contribution in [-0.4, -0.2) is 25.0 Å². The van der Waals surface area contributed by atoms with Gasteiger partial charge < -0.3 is 10.1 Å². The summed E-state index contributed by atoms with van der Waals surface area (Å²) in [5, 5.41) is 2.44. The molecule has 0 fully saturated rings. The lowest BCUT2D eigenvalue weighted by molar-refractivity contribution is -0.128. The Hall–Kier alpha value is -2.62. The van der Waals surface area contributed by atoms with Crippen LogP contribution in [0.1, 0.15) is 17.3 Å². The second-order valence-corrected chi connectivity index (χ2v) is 4.61. The Morgan fingerprint density at radius 2 is 1.67 bits per heavy atom. The molecule has 2 rings (SSSR count). The summed E-state index contributed by atoms with van der Waals surface area (Å²) < 4.78 is 5.13. The van der Waals surface area contributed by atoms with Gasteiger partial charge in [-0.3, -0.25) is 4.79 Å². The summed E-state index contributed by atoms with van der Waals surface area (Å²) >= 11 is 0. The van der Waals surface area contributed by atoms with Gasteiger partial charge in [-0.25, -0.2) is 4.79 Å². The average molecular weight is 283 g/mol. The number of carbonyl (C=O) groups excluding carboxylic acids is 2. The van der Waals surface area contributed by atoms with Crippen molar-refractivity contribution in [1.29, 1.82) is 0 Å². The molecule has 1 unspecified atom stereocenters. The monoisotopic (exact) mass is 283 g/mol. The minimum absolute atomic E-state index is 0.331. The first-order valence-corrected chi connectivity index (χ1v) is 6.70. The van der Waals surface area contributed by atoms with Crippen LogP contribution in [-0.2, 0) is 9.53 Å². The maximum atomic E-state index is 12.1. The summed E-state index contributed by atoms with van der Waals surface area (Å²) in [5.74, 6) is -0.841. The van der Waals surface area contributed by atoms with Gasteiger partial charge in [-0.05, 0) is 30.2 Å². The molecule has 1 N–H and O–H groups in total. The number of benzene rings is 2. The summed E-state index contributed by atoms with van der Waals surface area (Å²) in [6.45, 7) is 1.54. The number of likely N-dealkylation sites (N-methyl/N-ethyl adjacent to an activating group) is 1. The second-order valence-electron chi connectivity index (χ2n) is 4.61. The quantitative estimate of drug-likeness (QED) is 0.878. The minimum atomic E-state index is -0.817. The van der Waals surface area contributed by atoms with Gasteiger partial charge in [0.05, 0.1) is 5.56 Å². The van der Waals surface area contributed by atoms with E-state index in [1.807, 2.05) is 36.4 Å². The molecule has 4 heteroatoms. The Morgan fingerprint density at radius 3 is 2.33 bits per heavy atom. The number of nitrogens with one attached hydrogen (secondary N) is 1. The summed E-state index contributed by atoms with van der Waals surface area (Å²) in [4.78, 5) is 23.4. The Labute approximate surface area is 123 Å². The van der Waals surface area contributed by atoms with Gasteiger partial charge >= 0.3 is 5.97 Å². The highest BCUT2D eigenvalue weighted by Crippen LogP contribution is 2.20. The zero-order valence-electron chi connectivity index (χ0n) is 12.0. The first kappa shape index (κ1) is 14.8. The number of carbonyl (C=O) groups is 2. The lowest BCUT2D eigenvalue weighted by Crippen LogP contribution is -2.33. The van der Waals surface area contributed by atoms with Crippen molar-refractivity contribution in [2.45, 2.75) is 13.0 Å². The van der Waals surface area contributed by atoms with Crippen molar-refractivity contribution in [3.05, 3.63) is 60.2 Å². The van der Waals surface area contributed by atoms with Gasteiger partial charge in [0, 0.05) is 7.05 Å². The first-order valence-electron chi connectivity index (χ1n) is 6.70. The van der Waals surface area contributed by atoms with Crippen LogP contribution in [0, 0.1) is 0 Å². The molecule has 0 spiro atoms. The SMILES string of the molecule is CNC(=O)C(C)OC(=O)c1cccc(-c2ccccc2)c1. The number of esters is 1. The Bertz CT molecular complexity index is 637. The maximum absolute atomic E-state index is 12.1. The lowest BCUT2D eigenvalue weighted by Gasteiger charge is -2.12. The van der Waals surface area contributed by atoms with Crippen LogP contribution in [0.5, 0.6) is 0 Å². The summed E-state index contributed by atoms with van der Waals surface area (Å²) in [6.07, 6.45) is -0.817. The van der Waals surface area contributed by atoms with Crippen molar-refractivity contribution in [2.24, 2.45) is 0 Å². The molecule has 0 aliphatic rings. The maximum Gasteiger partial charge on any atom is 0.338 e. The highest BCUT2D eigenvalue weighted by molar-refractivity contribution is 5.93. The fourth-order valence-corrected chi connectivity index (χ4v) is 1.94. The lowest BCUT2D eigenvalue weighted by atomic mass is 10.0. The van der Waals surface area contributed by atoms with E-state index in [1.54, 1.807) is 18.2 Å². The molecular weight excluding hydrogens is 266 g/mol. The molecule has 0 bridgehead atoms. The van der Waals surface area contributed by atoms with Crippen molar-refractivity contribution in [1.82, 2.24) is 5.32 Å². The van der Waals surface area contributed by atoms with Crippen molar-refractivity contribution in [3.63, 3.8) is 0 Å². The van der Waals surface area contributed by atoms with Gasteiger partial charge in [0.25, 0.3) is 5.91 Å². The molecule has 2 aromatic carbocycles. The Balaban J connectivity index is 2.18. The van der Waals surface area contributed by atoms with E-state index in [1.165, 1.54) is 14.0 Å². The molecule has 1 amide bonds. The third-order valence-electron chi connectivity index (χ3n) is 3.10. The Kier molecular flexibility index (Phi) is 4.72. The predicted octanol–water partition coefficient (Wildman–Crippen LogP) is 2.64. The molecule has 0 aromatic heterocycles. The van der Waals surface area contributed by atoms with E-state index in [0.717, 1.165) is 11.1 Å². The van der Waals surface area contributed by atoms with Gasteiger partial charge in [-0.1, -0.05) is 42.5 Å². The fraction of sp³-hybridized carbons (Fsp3) is 0.176. The number of hydrogen-bond donors (Lipinski definition) is 1. The van der Waals surface area contributed by atoms with E-state index in [-0.39, 0.29) is 5.91 Å². The van der Waals surface area contributed by atoms with E-state index in [0.29, 0.717) is 5.56 Å². The first-order chi connectivity index (χ1) is 10.1. The average Bonchev–Trinajstić information content (AvgIpc) is 2.54. The highest BCUT2D eigenvalue weighted by Gasteiger charge is 2.17. The van der Waals surface area contributed by atoms with Gasteiger partial charge in [0.15, 0.2) is 6.10 Å². The number of rotatable bonds is 4. The van der Waals surface area contributed by atoms with Crippen LogP contribution in [0.4, 0.5) is 0 Å². The van der Waals surface area contributed by atoms with E-state index in [9.17, 15) is 9.59 Å². The Morgan fingerprint density at radius 1 is 1.00 bits per heavy atom. The van der Waals surface area contributed by atoms with Crippen LogP contribution < -0.4 is 5.32 Å². The van der Waals surface area contributed by atoms with Gasteiger partial charge in [0.2, 0.25) is 0 Å². The molecular formula is C17H17NO3. The molecule has 0 heterocycles. The third kappa shape index (κ3) is 3.69. The number of ether oxygens (including phenoxy) is 1. The molecule has 108 valence electrons. The normalized spacial score (nSPS) is 11.5. The molecule has 0 saturated carbocycles. The minimum Gasteiger partial charge on any atom is -0.449 e. The fourth-order valence-electron chi connectivity index (χ4n) is 1.94. The number of amides is 1. The molecule has 0 radical (unpaired) electrons. The van der Waals surface area contributed by atoms with Crippen LogP contribution in [0.3, 0.4) is 0 Å². The van der Waals surface area contributed by atoms with Crippen molar-refractivity contribution in [2.75, 3.05) is 7.05 Å². The van der Waals surface area contributed by atoms with Gasteiger partial charge in [0.1, 0.15) is 0 Å².